The van der Waals surface area contributed by atoms with Crippen LogP contribution >= 0.6 is 0 Å². The molecule has 1 N–H and O–H groups in total. The molecule has 0 radical (unpaired) electrons. The maximum absolute atomic E-state index is 13.1. The molecule has 0 spiro atoms. The molecule has 2 aliphatic rings. The maximum atomic E-state index is 13.1. The Balaban J connectivity index is 1.58. The summed E-state index contributed by atoms with van der Waals surface area (Å²) in [7, 11) is -3.59. The summed E-state index contributed by atoms with van der Waals surface area (Å²) in [6, 6.07) is 14.1. The van der Waals surface area contributed by atoms with Gasteiger partial charge in [0.05, 0.1) is 17.9 Å². The van der Waals surface area contributed by atoms with Crippen molar-refractivity contribution in [2.24, 2.45) is 0 Å². The smallest absolute Gasteiger partial charge is 0.257 e. The number of sulfonamides is 1. The second-order valence-electron chi connectivity index (χ2n) is 7.34. The van der Waals surface area contributed by atoms with Crippen molar-refractivity contribution in [3.8, 4) is 5.75 Å². The molecule has 28 heavy (non-hydrogen) atoms. The van der Waals surface area contributed by atoms with Gasteiger partial charge in [-0.1, -0.05) is 30.3 Å². The predicted molar refractivity (Wildman–Crippen MR) is 108 cm³/mol. The highest BCUT2D eigenvalue weighted by Crippen LogP contribution is 2.31. The summed E-state index contributed by atoms with van der Waals surface area (Å²) in [4.78, 5) is 15.0. The molecule has 1 saturated heterocycles. The number of benzene rings is 2. The van der Waals surface area contributed by atoms with Gasteiger partial charge in [0.25, 0.3) is 5.91 Å². The van der Waals surface area contributed by atoms with Crippen LogP contribution in [0.1, 0.15) is 41.6 Å². The lowest BCUT2D eigenvalue weighted by Crippen LogP contribution is -2.45. The Kier molecular flexibility index (Phi) is 5.26. The van der Waals surface area contributed by atoms with Crippen LogP contribution in [0, 0.1) is 0 Å². The number of amides is 1. The van der Waals surface area contributed by atoms with Crippen LogP contribution in [0.4, 0.5) is 5.69 Å². The number of ether oxygens (including phenoxy) is 1. The van der Waals surface area contributed by atoms with Gasteiger partial charge in [-0.3, -0.25) is 9.52 Å². The van der Waals surface area contributed by atoms with E-state index in [1.807, 2.05) is 11.0 Å². The maximum Gasteiger partial charge on any atom is 0.257 e. The third-order valence-electron chi connectivity index (χ3n) is 5.28. The summed E-state index contributed by atoms with van der Waals surface area (Å²) in [5, 5.41) is 0. The van der Waals surface area contributed by atoms with Gasteiger partial charge in [-0.2, -0.15) is 0 Å². The second-order valence-corrected chi connectivity index (χ2v) is 9.07. The van der Waals surface area contributed by atoms with Crippen LogP contribution in [0.3, 0.4) is 0 Å². The minimum Gasteiger partial charge on any atom is -0.493 e. The SMILES string of the molecule is O=C1c2cc(NS(=O)(=O)Cc3ccccc3)ccc2OCCC2CCCCN12. The minimum atomic E-state index is -3.59. The second kappa shape index (κ2) is 7.83. The normalized spacial score (nSPS) is 19.6. The first-order valence-electron chi connectivity index (χ1n) is 9.64. The van der Waals surface area contributed by atoms with E-state index in [2.05, 4.69) is 4.72 Å². The third-order valence-corrected chi connectivity index (χ3v) is 6.54. The zero-order chi connectivity index (χ0) is 19.6. The number of anilines is 1. The van der Waals surface area contributed by atoms with Crippen molar-refractivity contribution in [3.63, 3.8) is 0 Å². The van der Waals surface area contributed by atoms with Gasteiger partial charge in [-0.15, -0.1) is 0 Å². The van der Waals surface area contributed by atoms with Crippen molar-refractivity contribution in [2.45, 2.75) is 37.5 Å². The number of piperidine rings is 1. The van der Waals surface area contributed by atoms with E-state index in [1.54, 1.807) is 42.5 Å². The molecule has 0 saturated carbocycles. The number of hydrogen-bond donors (Lipinski definition) is 1. The highest BCUT2D eigenvalue weighted by molar-refractivity contribution is 7.91. The predicted octanol–water partition coefficient (Wildman–Crippen LogP) is 3.41. The lowest BCUT2D eigenvalue weighted by atomic mass is 9.97. The van der Waals surface area contributed by atoms with Gasteiger partial charge in [0.2, 0.25) is 10.0 Å². The number of carbonyl (C=O) groups is 1. The largest absolute Gasteiger partial charge is 0.493 e. The first kappa shape index (κ1) is 18.8. The van der Waals surface area contributed by atoms with E-state index in [0.29, 0.717) is 29.2 Å². The van der Waals surface area contributed by atoms with Crippen molar-refractivity contribution in [1.29, 1.82) is 0 Å². The molecule has 0 bridgehead atoms. The van der Waals surface area contributed by atoms with E-state index < -0.39 is 10.0 Å². The molecule has 4 rings (SSSR count). The summed E-state index contributed by atoms with van der Waals surface area (Å²) in [6.07, 6.45) is 3.95. The monoisotopic (exact) mass is 400 g/mol. The standard InChI is InChI=1S/C21H24N2O4S/c24-21-19-14-17(22-28(25,26)15-16-6-2-1-3-7-16)9-10-20(19)27-13-11-18-8-4-5-12-23(18)21/h1-3,6-7,9-10,14,18,22H,4-5,8,11-13,15H2. The van der Waals surface area contributed by atoms with E-state index in [9.17, 15) is 13.2 Å². The Labute approximate surface area is 165 Å². The highest BCUT2D eigenvalue weighted by Gasteiger charge is 2.31. The molecule has 7 heteroatoms. The average Bonchev–Trinajstić information content (AvgIpc) is 2.68. The number of fused-ring (bicyclic) bond motifs is 2. The van der Waals surface area contributed by atoms with Crippen molar-refractivity contribution in [2.75, 3.05) is 17.9 Å². The van der Waals surface area contributed by atoms with Crippen LogP contribution in [0.5, 0.6) is 5.75 Å². The average molecular weight is 401 g/mol. The summed E-state index contributed by atoms with van der Waals surface area (Å²) in [5.41, 5.74) is 1.50. The molecule has 2 heterocycles. The molecular formula is C21H24N2O4S. The van der Waals surface area contributed by atoms with Gasteiger partial charge in [0, 0.05) is 24.7 Å². The third kappa shape index (κ3) is 4.14. The summed E-state index contributed by atoms with van der Waals surface area (Å²) >= 11 is 0. The van der Waals surface area contributed by atoms with Gasteiger partial charge in [0.15, 0.2) is 0 Å². The molecule has 0 aromatic heterocycles. The fourth-order valence-electron chi connectivity index (χ4n) is 3.92. The van der Waals surface area contributed by atoms with Crippen LogP contribution in [0.2, 0.25) is 0 Å². The number of hydrogen-bond acceptors (Lipinski definition) is 4. The topological polar surface area (TPSA) is 75.7 Å². The van der Waals surface area contributed by atoms with E-state index in [1.165, 1.54) is 0 Å². The van der Waals surface area contributed by atoms with Gasteiger partial charge in [0.1, 0.15) is 5.75 Å². The van der Waals surface area contributed by atoms with Gasteiger partial charge >= 0.3 is 0 Å². The van der Waals surface area contributed by atoms with Crippen LogP contribution in [-0.4, -0.2) is 38.4 Å². The van der Waals surface area contributed by atoms with E-state index in [4.69, 9.17) is 4.74 Å². The van der Waals surface area contributed by atoms with Crippen LogP contribution in [0.15, 0.2) is 48.5 Å². The molecule has 0 aliphatic carbocycles. The summed E-state index contributed by atoms with van der Waals surface area (Å²) < 4.78 is 33.5. The Morgan fingerprint density at radius 2 is 1.89 bits per heavy atom. The van der Waals surface area contributed by atoms with E-state index in [0.717, 1.165) is 32.2 Å². The minimum absolute atomic E-state index is 0.0801. The van der Waals surface area contributed by atoms with Gasteiger partial charge < -0.3 is 9.64 Å². The number of rotatable bonds is 4. The van der Waals surface area contributed by atoms with E-state index >= 15 is 0 Å². The lowest BCUT2D eigenvalue weighted by Gasteiger charge is -2.37. The zero-order valence-electron chi connectivity index (χ0n) is 15.6. The van der Waals surface area contributed by atoms with Crippen LogP contribution < -0.4 is 9.46 Å². The summed E-state index contributed by atoms with van der Waals surface area (Å²) in [5.74, 6) is 0.312. The Bertz CT molecular complexity index is 960. The van der Waals surface area contributed by atoms with Crippen LogP contribution in [-0.2, 0) is 15.8 Å². The molecule has 1 atom stereocenters. The fourth-order valence-corrected chi connectivity index (χ4v) is 5.11. The molecule has 2 aromatic carbocycles. The van der Waals surface area contributed by atoms with E-state index in [-0.39, 0.29) is 17.7 Å². The molecule has 6 nitrogen and oxygen atoms in total. The van der Waals surface area contributed by atoms with Gasteiger partial charge in [-0.25, -0.2) is 8.42 Å². The number of carbonyl (C=O) groups excluding carboxylic acids is 1. The van der Waals surface area contributed by atoms with Crippen molar-refractivity contribution in [1.82, 2.24) is 4.90 Å². The quantitative estimate of drug-likeness (QED) is 0.853. The van der Waals surface area contributed by atoms with Crippen molar-refractivity contribution < 1.29 is 17.9 Å². The first-order chi connectivity index (χ1) is 13.5. The summed E-state index contributed by atoms with van der Waals surface area (Å²) in [6.45, 7) is 1.30. The Hall–Kier alpha value is -2.54. The van der Waals surface area contributed by atoms with Crippen molar-refractivity contribution in [3.05, 3.63) is 59.7 Å². The van der Waals surface area contributed by atoms with Gasteiger partial charge in [-0.05, 0) is 43.0 Å². The van der Waals surface area contributed by atoms with Crippen LogP contribution in [0.25, 0.3) is 0 Å². The number of nitrogens with one attached hydrogen (secondary N) is 1. The molecule has 1 amide bonds. The lowest BCUT2D eigenvalue weighted by molar-refractivity contribution is 0.0548. The molecule has 148 valence electrons. The highest BCUT2D eigenvalue weighted by atomic mass is 32.2. The van der Waals surface area contributed by atoms with Crippen molar-refractivity contribution >= 4 is 21.6 Å². The number of nitrogens with zero attached hydrogens (tertiary/aromatic N) is 1. The first-order valence-corrected chi connectivity index (χ1v) is 11.3. The Morgan fingerprint density at radius 3 is 2.71 bits per heavy atom. The zero-order valence-corrected chi connectivity index (χ0v) is 16.5. The molecule has 1 unspecified atom stereocenters. The molecule has 2 aliphatic heterocycles. The molecule has 1 fully saturated rings. The fraction of sp³-hybridized carbons (Fsp3) is 0.381. The molecular weight excluding hydrogens is 376 g/mol. The Morgan fingerprint density at radius 1 is 1.07 bits per heavy atom. The molecule has 2 aromatic rings.